The Morgan fingerprint density at radius 1 is 0.970 bits per heavy atom. The monoisotopic (exact) mass is 465 g/mol. The van der Waals surface area contributed by atoms with Gasteiger partial charge in [-0.25, -0.2) is 5.43 Å². The molecule has 0 fully saturated rings. The number of hydrogen-bond donors (Lipinski definition) is 2. The SMILES string of the molecule is COc1cc(C=NNC(=O)CC(=O)Nc2ccc(Cl)cc2)ccc1OCc1ccc(C)cc1. The molecule has 3 aromatic rings. The Morgan fingerprint density at radius 2 is 1.70 bits per heavy atom. The minimum absolute atomic E-state index is 0.366. The van der Waals surface area contributed by atoms with E-state index in [9.17, 15) is 9.59 Å². The van der Waals surface area contributed by atoms with Gasteiger partial charge >= 0.3 is 0 Å². The Morgan fingerprint density at radius 3 is 2.39 bits per heavy atom. The Hall–Kier alpha value is -3.84. The van der Waals surface area contributed by atoms with Crippen LogP contribution in [0.3, 0.4) is 0 Å². The van der Waals surface area contributed by atoms with Crippen LogP contribution in [0.5, 0.6) is 11.5 Å². The third-order valence-electron chi connectivity index (χ3n) is 4.55. The first-order valence-electron chi connectivity index (χ1n) is 10.2. The maximum absolute atomic E-state index is 12.0. The molecule has 0 unspecified atom stereocenters. The fraction of sp³-hybridized carbons (Fsp3) is 0.160. The molecule has 0 saturated carbocycles. The minimum atomic E-state index is -0.539. The Labute approximate surface area is 197 Å². The van der Waals surface area contributed by atoms with Crippen LogP contribution < -0.4 is 20.2 Å². The summed E-state index contributed by atoms with van der Waals surface area (Å²) < 4.78 is 11.3. The first kappa shape index (κ1) is 23.8. The highest BCUT2D eigenvalue weighted by Crippen LogP contribution is 2.28. The van der Waals surface area contributed by atoms with Crippen LogP contribution >= 0.6 is 11.6 Å². The van der Waals surface area contributed by atoms with Crippen molar-refractivity contribution < 1.29 is 19.1 Å². The molecule has 33 heavy (non-hydrogen) atoms. The van der Waals surface area contributed by atoms with Crippen LogP contribution in [0, 0.1) is 6.92 Å². The molecule has 3 aromatic carbocycles. The fourth-order valence-corrected chi connectivity index (χ4v) is 2.96. The molecule has 0 bridgehead atoms. The molecule has 0 aliphatic heterocycles. The van der Waals surface area contributed by atoms with Crippen molar-refractivity contribution in [2.45, 2.75) is 20.0 Å². The molecule has 0 aliphatic carbocycles. The highest BCUT2D eigenvalue weighted by atomic mass is 35.5. The number of benzene rings is 3. The quantitative estimate of drug-likeness (QED) is 0.272. The normalized spacial score (nSPS) is 10.6. The van der Waals surface area contributed by atoms with Crippen LogP contribution in [0.4, 0.5) is 5.69 Å². The van der Waals surface area contributed by atoms with E-state index in [1.165, 1.54) is 11.8 Å². The van der Waals surface area contributed by atoms with Gasteiger partial charge in [-0.05, 0) is 60.5 Å². The number of ether oxygens (including phenoxy) is 2. The molecule has 0 spiro atoms. The number of methoxy groups -OCH3 is 1. The second-order valence-corrected chi connectivity index (χ2v) is 7.65. The predicted octanol–water partition coefficient (Wildman–Crippen LogP) is 4.71. The van der Waals surface area contributed by atoms with Gasteiger partial charge in [0, 0.05) is 10.7 Å². The van der Waals surface area contributed by atoms with Crippen molar-refractivity contribution in [2.75, 3.05) is 12.4 Å². The summed E-state index contributed by atoms with van der Waals surface area (Å²) in [5.74, 6) is 0.141. The van der Waals surface area contributed by atoms with Gasteiger partial charge in [-0.3, -0.25) is 9.59 Å². The number of halogens is 1. The molecular formula is C25H24ClN3O4. The first-order chi connectivity index (χ1) is 15.9. The molecule has 2 amide bonds. The number of aryl methyl sites for hydroxylation is 1. The molecule has 7 nitrogen and oxygen atoms in total. The van der Waals surface area contributed by atoms with Crippen LogP contribution in [0.2, 0.25) is 5.02 Å². The van der Waals surface area contributed by atoms with Crippen molar-refractivity contribution in [3.63, 3.8) is 0 Å². The van der Waals surface area contributed by atoms with Crippen LogP contribution in [0.25, 0.3) is 0 Å². The molecule has 2 N–H and O–H groups in total. The number of rotatable bonds is 9. The van der Waals surface area contributed by atoms with Crippen LogP contribution in [-0.4, -0.2) is 25.1 Å². The number of carbonyl (C=O) groups excluding carboxylic acids is 2. The molecule has 0 atom stereocenters. The summed E-state index contributed by atoms with van der Waals surface area (Å²) in [6, 6.07) is 20.0. The van der Waals surface area contributed by atoms with E-state index in [2.05, 4.69) is 15.8 Å². The predicted molar refractivity (Wildman–Crippen MR) is 129 cm³/mol. The summed E-state index contributed by atoms with van der Waals surface area (Å²) in [4.78, 5) is 23.9. The van der Waals surface area contributed by atoms with Crippen molar-refractivity contribution in [2.24, 2.45) is 5.10 Å². The van der Waals surface area contributed by atoms with E-state index in [4.69, 9.17) is 21.1 Å². The first-order valence-corrected chi connectivity index (χ1v) is 10.5. The number of hydrazone groups is 1. The average molecular weight is 466 g/mol. The topological polar surface area (TPSA) is 89.0 Å². The second-order valence-electron chi connectivity index (χ2n) is 7.21. The fourth-order valence-electron chi connectivity index (χ4n) is 2.83. The van der Waals surface area contributed by atoms with Gasteiger partial charge in [0.05, 0.1) is 13.3 Å². The summed E-state index contributed by atoms with van der Waals surface area (Å²) >= 11 is 5.81. The lowest BCUT2D eigenvalue weighted by atomic mass is 10.2. The van der Waals surface area contributed by atoms with Gasteiger partial charge in [0.1, 0.15) is 13.0 Å². The lowest BCUT2D eigenvalue weighted by Gasteiger charge is -2.11. The third kappa shape index (κ3) is 7.66. The smallest absolute Gasteiger partial charge is 0.249 e. The molecule has 0 aromatic heterocycles. The molecule has 3 rings (SSSR count). The van der Waals surface area contributed by atoms with E-state index in [0.29, 0.717) is 34.4 Å². The van der Waals surface area contributed by atoms with Crippen molar-refractivity contribution in [1.82, 2.24) is 5.43 Å². The van der Waals surface area contributed by atoms with Gasteiger partial charge in [0.2, 0.25) is 11.8 Å². The van der Waals surface area contributed by atoms with Crippen LogP contribution in [0.15, 0.2) is 71.8 Å². The van der Waals surface area contributed by atoms with E-state index < -0.39 is 11.8 Å². The second kappa shape index (κ2) is 11.7. The molecule has 8 heteroatoms. The minimum Gasteiger partial charge on any atom is -0.493 e. The zero-order valence-electron chi connectivity index (χ0n) is 18.3. The molecule has 0 aliphatic rings. The number of carbonyl (C=O) groups is 2. The lowest BCUT2D eigenvalue weighted by molar-refractivity contribution is -0.126. The van der Waals surface area contributed by atoms with E-state index >= 15 is 0 Å². The molecular weight excluding hydrogens is 442 g/mol. The highest BCUT2D eigenvalue weighted by molar-refractivity contribution is 6.30. The van der Waals surface area contributed by atoms with Crippen molar-refractivity contribution >= 4 is 35.3 Å². The van der Waals surface area contributed by atoms with Crippen molar-refractivity contribution in [1.29, 1.82) is 0 Å². The van der Waals surface area contributed by atoms with Crippen molar-refractivity contribution in [3.8, 4) is 11.5 Å². The van der Waals surface area contributed by atoms with Gasteiger partial charge in [0.15, 0.2) is 11.5 Å². The van der Waals surface area contributed by atoms with Gasteiger partial charge < -0.3 is 14.8 Å². The van der Waals surface area contributed by atoms with E-state index in [-0.39, 0.29) is 6.42 Å². The third-order valence-corrected chi connectivity index (χ3v) is 4.81. The van der Waals surface area contributed by atoms with E-state index in [0.717, 1.165) is 5.56 Å². The van der Waals surface area contributed by atoms with Gasteiger partial charge in [0.25, 0.3) is 0 Å². The molecule has 0 saturated heterocycles. The summed E-state index contributed by atoms with van der Waals surface area (Å²) in [7, 11) is 1.55. The molecule has 170 valence electrons. The number of nitrogens with zero attached hydrogens (tertiary/aromatic N) is 1. The zero-order chi connectivity index (χ0) is 23.6. The summed E-state index contributed by atoms with van der Waals surface area (Å²) in [5.41, 5.74) is 5.83. The van der Waals surface area contributed by atoms with Gasteiger partial charge in [-0.1, -0.05) is 41.4 Å². The average Bonchev–Trinajstić information content (AvgIpc) is 2.80. The standard InChI is InChI=1S/C25H24ClN3O4/c1-17-3-5-18(6-4-17)16-33-22-12-7-19(13-23(22)32-2)15-27-29-25(31)14-24(30)28-21-10-8-20(26)9-11-21/h3-13,15H,14,16H2,1-2H3,(H,28,30)(H,29,31). The Balaban J connectivity index is 1.50. The Bertz CT molecular complexity index is 1130. The van der Waals surface area contributed by atoms with Gasteiger partial charge in [-0.15, -0.1) is 0 Å². The summed E-state index contributed by atoms with van der Waals surface area (Å²) in [6.07, 6.45) is 1.09. The Kier molecular flexibility index (Phi) is 8.43. The lowest BCUT2D eigenvalue weighted by Crippen LogP contribution is -2.24. The van der Waals surface area contributed by atoms with E-state index in [1.54, 1.807) is 49.6 Å². The van der Waals surface area contributed by atoms with Crippen LogP contribution in [0.1, 0.15) is 23.1 Å². The van der Waals surface area contributed by atoms with Crippen LogP contribution in [-0.2, 0) is 16.2 Å². The maximum atomic E-state index is 12.0. The van der Waals surface area contributed by atoms with Crippen molar-refractivity contribution in [3.05, 3.63) is 88.4 Å². The zero-order valence-corrected chi connectivity index (χ0v) is 19.1. The highest BCUT2D eigenvalue weighted by Gasteiger charge is 2.09. The van der Waals surface area contributed by atoms with Gasteiger partial charge in [-0.2, -0.15) is 5.10 Å². The summed E-state index contributed by atoms with van der Waals surface area (Å²) in [6.45, 7) is 2.45. The summed E-state index contributed by atoms with van der Waals surface area (Å²) in [5, 5.41) is 7.07. The molecule has 0 heterocycles. The molecule has 0 radical (unpaired) electrons. The van der Waals surface area contributed by atoms with E-state index in [1.807, 2.05) is 31.2 Å². The number of anilines is 1. The maximum Gasteiger partial charge on any atom is 0.249 e. The number of amides is 2. The number of hydrogen-bond acceptors (Lipinski definition) is 5. The number of nitrogens with one attached hydrogen (secondary N) is 2. The largest absolute Gasteiger partial charge is 0.493 e.